The summed E-state index contributed by atoms with van der Waals surface area (Å²) in [6.07, 6.45) is 0. The van der Waals surface area contributed by atoms with Crippen molar-refractivity contribution < 1.29 is 14.3 Å². The quantitative estimate of drug-likeness (QED) is 0.185. The molecule has 13 heavy (non-hydrogen) atoms. The van der Waals surface area contributed by atoms with E-state index in [0.29, 0.717) is 39.6 Å². The molecule has 0 fully saturated rings. The monoisotopic (exact) mass is 190 g/mol. The van der Waals surface area contributed by atoms with Crippen molar-refractivity contribution in [2.75, 3.05) is 39.6 Å². The molecular weight excluding hydrogens is 176 g/mol. The molecule has 2 N–H and O–H groups in total. The van der Waals surface area contributed by atoms with E-state index < -0.39 is 0 Å². The van der Waals surface area contributed by atoms with Crippen molar-refractivity contribution in [2.24, 2.45) is 11.0 Å². The minimum absolute atomic E-state index is 0.350. The molecule has 0 aliphatic carbocycles. The second-order valence-corrected chi connectivity index (χ2v) is 2.05. The molecule has 0 aliphatic heterocycles. The van der Waals surface area contributed by atoms with E-state index >= 15 is 0 Å². The van der Waals surface area contributed by atoms with Gasteiger partial charge in [-0.05, 0) is 5.53 Å². The van der Waals surface area contributed by atoms with Crippen LogP contribution in [0.2, 0.25) is 0 Å². The average molecular weight is 190 g/mol. The number of rotatable bonds is 9. The van der Waals surface area contributed by atoms with Gasteiger partial charge in [0, 0.05) is 11.5 Å². The standard InChI is InChI=1S/C6H14N4O3/c7-10-9-1-2-11-3-4-12-5-6-13-8/h1-6,8H2. The lowest BCUT2D eigenvalue weighted by Crippen LogP contribution is -2.12. The summed E-state index contributed by atoms with van der Waals surface area (Å²) in [6, 6.07) is 0. The first-order valence-corrected chi connectivity index (χ1v) is 3.90. The smallest absolute Gasteiger partial charge is 0.0913 e. The van der Waals surface area contributed by atoms with Crippen LogP contribution >= 0.6 is 0 Å². The lowest BCUT2D eigenvalue weighted by molar-refractivity contribution is 0.0157. The Balaban J connectivity index is 2.87. The Morgan fingerprint density at radius 1 is 1.08 bits per heavy atom. The van der Waals surface area contributed by atoms with E-state index in [0.717, 1.165) is 0 Å². The third-order valence-corrected chi connectivity index (χ3v) is 1.12. The Kier molecular flexibility index (Phi) is 10.4. The molecule has 0 atom stereocenters. The van der Waals surface area contributed by atoms with Crippen molar-refractivity contribution >= 4 is 0 Å². The van der Waals surface area contributed by atoms with Crippen LogP contribution in [-0.4, -0.2) is 39.6 Å². The maximum atomic E-state index is 7.92. The average Bonchev–Trinajstić information content (AvgIpc) is 2.16. The highest BCUT2D eigenvalue weighted by Gasteiger charge is 1.88. The molecule has 0 aromatic heterocycles. The molecule has 0 bridgehead atoms. The zero-order chi connectivity index (χ0) is 9.78. The maximum absolute atomic E-state index is 7.92. The van der Waals surface area contributed by atoms with Crippen molar-refractivity contribution in [1.29, 1.82) is 0 Å². The third-order valence-electron chi connectivity index (χ3n) is 1.12. The summed E-state index contributed by atoms with van der Waals surface area (Å²) in [4.78, 5) is 6.86. The lowest BCUT2D eigenvalue weighted by Gasteiger charge is -2.03. The second kappa shape index (κ2) is 11.2. The number of azide groups is 1. The van der Waals surface area contributed by atoms with Gasteiger partial charge in [-0.2, -0.15) is 0 Å². The lowest BCUT2D eigenvalue weighted by atomic mass is 10.7. The molecule has 0 aromatic carbocycles. The van der Waals surface area contributed by atoms with Crippen LogP contribution in [0.15, 0.2) is 5.11 Å². The molecule has 0 saturated heterocycles. The summed E-state index contributed by atoms with van der Waals surface area (Å²) in [5.41, 5.74) is 7.92. The predicted molar refractivity (Wildman–Crippen MR) is 45.8 cm³/mol. The summed E-state index contributed by atoms with van der Waals surface area (Å²) in [6.45, 7) is 2.56. The largest absolute Gasteiger partial charge is 0.379 e. The van der Waals surface area contributed by atoms with Crippen molar-refractivity contribution in [1.82, 2.24) is 0 Å². The van der Waals surface area contributed by atoms with E-state index in [2.05, 4.69) is 14.9 Å². The molecule has 0 unspecified atom stereocenters. The van der Waals surface area contributed by atoms with Gasteiger partial charge in [0.1, 0.15) is 0 Å². The van der Waals surface area contributed by atoms with E-state index in [4.69, 9.17) is 20.9 Å². The van der Waals surface area contributed by atoms with Crippen molar-refractivity contribution in [3.05, 3.63) is 10.4 Å². The Bertz CT molecular complexity index is 149. The molecule has 0 amide bonds. The zero-order valence-electron chi connectivity index (χ0n) is 7.39. The molecule has 0 radical (unpaired) electrons. The number of hydrogen-bond acceptors (Lipinski definition) is 5. The molecule has 76 valence electrons. The van der Waals surface area contributed by atoms with Crippen LogP contribution in [0, 0.1) is 0 Å². The highest BCUT2D eigenvalue weighted by molar-refractivity contribution is 4.43. The van der Waals surface area contributed by atoms with Crippen LogP contribution in [0.5, 0.6) is 0 Å². The minimum Gasteiger partial charge on any atom is -0.379 e. The predicted octanol–water partition coefficient (Wildman–Crippen LogP) is 0.220. The van der Waals surface area contributed by atoms with Gasteiger partial charge >= 0.3 is 0 Å². The molecule has 0 spiro atoms. The van der Waals surface area contributed by atoms with Gasteiger partial charge < -0.3 is 14.3 Å². The summed E-state index contributed by atoms with van der Waals surface area (Å²) in [5.74, 6) is 4.77. The van der Waals surface area contributed by atoms with Gasteiger partial charge in [-0.1, -0.05) is 5.11 Å². The van der Waals surface area contributed by atoms with Crippen LogP contribution in [0.4, 0.5) is 0 Å². The van der Waals surface area contributed by atoms with E-state index in [1.54, 1.807) is 0 Å². The first-order valence-electron chi connectivity index (χ1n) is 3.90. The van der Waals surface area contributed by atoms with Gasteiger partial charge in [0.15, 0.2) is 0 Å². The fourth-order valence-corrected chi connectivity index (χ4v) is 0.579. The van der Waals surface area contributed by atoms with Crippen molar-refractivity contribution in [3.8, 4) is 0 Å². The summed E-state index contributed by atoms with van der Waals surface area (Å²) < 4.78 is 10.1. The van der Waals surface area contributed by atoms with Crippen molar-refractivity contribution in [3.63, 3.8) is 0 Å². The van der Waals surface area contributed by atoms with Crippen LogP contribution in [-0.2, 0) is 14.3 Å². The molecule has 0 heterocycles. The van der Waals surface area contributed by atoms with Gasteiger partial charge in [0.25, 0.3) is 0 Å². The minimum atomic E-state index is 0.350. The Labute approximate surface area is 76.3 Å². The van der Waals surface area contributed by atoms with Gasteiger partial charge in [-0.3, -0.25) is 0 Å². The SMILES string of the molecule is [N-]=[N+]=NCCOCCOCCON. The van der Waals surface area contributed by atoms with Crippen LogP contribution in [0.25, 0.3) is 10.4 Å². The fourth-order valence-electron chi connectivity index (χ4n) is 0.579. The number of nitrogens with zero attached hydrogens (tertiary/aromatic N) is 3. The topological polar surface area (TPSA) is 102 Å². The number of hydrogen-bond donors (Lipinski definition) is 1. The molecule has 7 heteroatoms. The number of nitrogens with two attached hydrogens (primary N) is 1. The van der Waals surface area contributed by atoms with Crippen LogP contribution < -0.4 is 5.90 Å². The summed E-state index contributed by atoms with van der Waals surface area (Å²) in [5, 5.41) is 3.30. The summed E-state index contributed by atoms with van der Waals surface area (Å²) >= 11 is 0. The Morgan fingerprint density at radius 2 is 1.69 bits per heavy atom. The van der Waals surface area contributed by atoms with E-state index in [-0.39, 0.29) is 0 Å². The maximum Gasteiger partial charge on any atom is 0.0913 e. The first kappa shape index (κ1) is 12.2. The fraction of sp³-hybridized carbons (Fsp3) is 1.00. The molecule has 7 nitrogen and oxygen atoms in total. The van der Waals surface area contributed by atoms with Gasteiger partial charge in [0.05, 0.1) is 33.0 Å². The summed E-state index contributed by atoms with van der Waals surface area (Å²) in [7, 11) is 0. The molecule has 0 aromatic rings. The normalized spacial score (nSPS) is 9.62. The van der Waals surface area contributed by atoms with E-state index in [1.807, 2.05) is 0 Å². The molecule has 0 saturated carbocycles. The van der Waals surface area contributed by atoms with Gasteiger partial charge in [-0.25, -0.2) is 5.90 Å². The highest BCUT2D eigenvalue weighted by Crippen LogP contribution is 1.80. The Hall–Kier alpha value is -0.850. The zero-order valence-corrected chi connectivity index (χ0v) is 7.39. The second-order valence-electron chi connectivity index (χ2n) is 2.05. The highest BCUT2D eigenvalue weighted by atomic mass is 16.6. The van der Waals surface area contributed by atoms with E-state index in [9.17, 15) is 0 Å². The van der Waals surface area contributed by atoms with E-state index in [1.165, 1.54) is 0 Å². The first-order chi connectivity index (χ1) is 6.41. The van der Waals surface area contributed by atoms with Crippen LogP contribution in [0.1, 0.15) is 0 Å². The Morgan fingerprint density at radius 3 is 2.31 bits per heavy atom. The van der Waals surface area contributed by atoms with Gasteiger partial charge in [0.2, 0.25) is 0 Å². The number of ether oxygens (including phenoxy) is 2. The molecular formula is C6H14N4O3. The van der Waals surface area contributed by atoms with Gasteiger partial charge in [-0.15, -0.1) is 0 Å². The molecule has 0 rings (SSSR count). The molecule has 0 aliphatic rings. The van der Waals surface area contributed by atoms with Crippen LogP contribution in [0.3, 0.4) is 0 Å². The van der Waals surface area contributed by atoms with Crippen molar-refractivity contribution in [2.45, 2.75) is 0 Å². The third kappa shape index (κ3) is 11.1.